The number of pyridine rings is 1. The van der Waals surface area contributed by atoms with Gasteiger partial charge in [-0.2, -0.15) is 5.26 Å². The van der Waals surface area contributed by atoms with Crippen molar-refractivity contribution < 1.29 is 0 Å². The molecular formula is C12H14N2O. The van der Waals surface area contributed by atoms with Gasteiger partial charge in [0.1, 0.15) is 11.6 Å². The Morgan fingerprint density at radius 2 is 2.27 bits per heavy atom. The number of hydrogen-bond acceptors (Lipinski definition) is 2. The molecule has 3 nitrogen and oxygen atoms in total. The molecule has 1 aromatic rings. The van der Waals surface area contributed by atoms with E-state index in [1.807, 2.05) is 6.07 Å². The number of rotatable bonds is 0. The lowest BCUT2D eigenvalue weighted by atomic mass is 9.80. The Morgan fingerprint density at radius 3 is 2.93 bits per heavy atom. The van der Waals surface area contributed by atoms with Crippen LogP contribution in [0.3, 0.4) is 0 Å². The highest BCUT2D eigenvalue weighted by Gasteiger charge is 2.24. The van der Waals surface area contributed by atoms with Gasteiger partial charge >= 0.3 is 0 Å². The summed E-state index contributed by atoms with van der Waals surface area (Å²) < 4.78 is 0. The molecule has 2 rings (SSSR count). The van der Waals surface area contributed by atoms with Crippen LogP contribution in [0.15, 0.2) is 10.9 Å². The summed E-state index contributed by atoms with van der Waals surface area (Å²) in [6.45, 7) is 4.33. The van der Waals surface area contributed by atoms with Crippen LogP contribution in [-0.2, 0) is 6.42 Å². The Hall–Kier alpha value is -1.56. The first kappa shape index (κ1) is 9.97. The number of hydrogen-bond donors (Lipinski definition) is 1. The molecule has 2 unspecified atom stereocenters. The van der Waals surface area contributed by atoms with Crippen molar-refractivity contribution in [3.05, 3.63) is 33.2 Å². The highest BCUT2D eigenvalue weighted by molar-refractivity contribution is 5.35. The van der Waals surface area contributed by atoms with E-state index in [0.29, 0.717) is 11.8 Å². The molecule has 0 amide bonds. The SMILES string of the molecule is CC1CCc2cc(C#N)c(=O)[nH]c2C1C. The van der Waals surface area contributed by atoms with E-state index in [2.05, 4.69) is 18.8 Å². The van der Waals surface area contributed by atoms with Crippen molar-refractivity contribution >= 4 is 0 Å². The van der Waals surface area contributed by atoms with E-state index in [4.69, 9.17) is 5.26 Å². The Kier molecular flexibility index (Phi) is 2.36. The van der Waals surface area contributed by atoms with E-state index in [9.17, 15) is 4.79 Å². The fourth-order valence-electron chi connectivity index (χ4n) is 2.20. The van der Waals surface area contributed by atoms with E-state index in [-0.39, 0.29) is 11.1 Å². The van der Waals surface area contributed by atoms with Gasteiger partial charge in [-0.3, -0.25) is 4.79 Å². The smallest absolute Gasteiger partial charge is 0.266 e. The number of aromatic nitrogens is 1. The zero-order chi connectivity index (χ0) is 11.0. The second kappa shape index (κ2) is 3.54. The molecule has 15 heavy (non-hydrogen) atoms. The average Bonchev–Trinajstić information content (AvgIpc) is 2.24. The Bertz CT molecular complexity index is 481. The molecule has 0 spiro atoms. The fraction of sp³-hybridized carbons (Fsp3) is 0.500. The highest BCUT2D eigenvalue weighted by Crippen LogP contribution is 2.33. The standard InChI is InChI=1S/C12H14N2O/c1-7-3-4-9-5-10(6-13)12(15)14-11(9)8(7)2/h5,7-8H,3-4H2,1-2H3,(H,14,15). The summed E-state index contributed by atoms with van der Waals surface area (Å²) in [6, 6.07) is 3.67. The van der Waals surface area contributed by atoms with Crippen molar-refractivity contribution in [1.82, 2.24) is 4.98 Å². The number of nitrogens with zero attached hydrogens (tertiary/aromatic N) is 1. The van der Waals surface area contributed by atoms with E-state index in [1.165, 1.54) is 0 Å². The van der Waals surface area contributed by atoms with E-state index >= 15 is 0 Å². The minimum absolute atomic E-state index is 0.232. The topological polar surface area (TPSA) is 56.6 Å². The summed E-state index contributed by atoms with van der Waals surface area (Å²) in [5, 5.41) is 8.77. The van der Waals surface area contributed by atoms with Gasteiger partial charge in [0.2, 0.25) is 0 Å². The first-order chi connectivity index (χ1) is 7.13. The first-order valence-corrected chi connectivity index (χ1v) is 5.29. The molecule has 0 radical (unpaired) electrons. The molecule has 0 aromatic carbocycles. The predicted octanol–water partition coefficient (Wildman–Crippen LogP) is 1.93. The van der Waals surface area contributed by atoms with Crippen molar-refractivity contribution in [3.63, 3.8) is 0 Å². The maximum absolute atomic E-state index is 11.5. The normalized spacial score (nSPS) is 24.3. The molecule has 1 aliphatic carbocycles. The number of aryl methyl sites for hydroxylation is 1. The van der Waals surface area contributed by atoms with Crippen molar-refractivity contribution in [1.29, 1.82) is 5.26 Å². The number of nitriles is 1. The van der Waals surface area contributed by atoms with E-state index < -0.39 is 0 Å². The van der Waals surface area contributed by atoms with Crippen molar-refractivity contribution in [2.24, 2.45) is 5.92 Å². The average molecular weight is 202 g/mol. The summed E-state index contributed by atoms with van der Waals surface area (Å²) in [7, 11) is 0. The largest absolute Gasteiger partial charge is 0.325 e. The Morgan fingerprint density at radius 1 is 1.53 bits per heavy atom. The fourth-order valence-corrected chi connectivity index (χ4v) is 2.20. The summed E-state index contributed by atoms with van der Waals surface area (Å²) in [5.41, 5.74) is 2.14. The van der Waals surface area contributed by atoms with Gasteiger partial charge in [-0.1, -0.05) is 13.8 Å². The minimum Gasteiger partial charge on any atom is -0.325 e. The molecule has 1 aromatic heterocycles. The predicted molar refractivity (Wildman–Crippen MR) is 57.7 cm³/mol. The quantitative estimate of drug-likeness (QED) is 0.698. The van der Waals surface area contributed by atoms with Crippen molar-refractivity contribution in [2.45, 2.75) is 32.6 Å². The number of nitrogens with one attached hydrogen (secondary N) is 1. The molecule has 0 saturated carbocycles. The number of fused-ring (bicyclic) bond motifs is 1. The molecule has 2 atom stereocenters. The van der Waals surface area contributed by atoms with E-state index in [0.717, 1.165) is 24.1 Å². The highest BCUT2D eigenvalue weighted by atomic mass is 16.1. The van der Waals surface area contributed by atoms with Crippen LogP contribution < -0.4 is 5.56 Å². The molecule has 0 aliphatic heterocycles. The van der Waals surface area contributed by atoms with Gasteiger partial charge in [-0.25, -0.2) is 0 Å². The molecule has 1 aliphatic rings. The summed E-state index contributed by atoms with van der Waals surface area (Å²) in [6.07, 6.45) is 2.09. The maximum Gasteiger partial charge on any atom is 0.266 e. The third kappa shape index (κ3) is 1.56. The van der Waals surface area contributed by atoms with Gasteiger partial charge in [-0.05, 0) is 36.3 Å². The van der Waals surface area contributed by atoms with Crippen LogP contribution in [0.2, 0.25) is 0 Å². The first-order valence-electron chi connectivity index (χ1n) is 5.29. The second-order valence-corrected chi connectivity index (χ2v) is 4.37. The van der Waals surface area contributed by atoms with E-state index in [1.54, 1.807) is 6.07 Å². The van der Waals surface area contributed by atoms with Gasteiger partial charge in [0, 0.05) is 5.69 Å². The van der Waals surface area contributed by atoms with Gasteiger partial charge in [0.05, 0.1) is 0 Å². The van der Waals surface area contributed by atoms with Crippen LogP contribution in [0, 0.1) is 17.2 Å². The second-order valence-electron chi connectivity index (χ2n) is 4.37. The summed E-state index contributed by atoms with van der Waals surface area (Å²) in [5.74, 6) is 0.982. The lowest BCUT2D eigenvalue weighted by molar-refractivity contribution is 0.416. The van der Waals surface area contributed by atoms with Crippen molar-refractivity contribution in [3.8, 4) is 6.07 Å². The lowest BCUT2D eigenvalue weighted by Crippen LogP contribution is -2.23. The molecule has 78 valence electrons. The monoisotopic (exact) mass is 202 g/mol. The van der Waals surface area contributed by atoms with Gasteiger partial charge in [0.15, 0.2) is 0 Å². The zero-order valence-electron chi connectivity index (χ0n) is 9.00. The van der Waals surface area contributed by atoms with Crippen LogP contribution in [0.1, 0.15) is 43.0 Å². The Balaban J connectivity index is 2.58. The van der Waals surface area contributed by atoms with Gasteiger partial charge in [-0.15, -0.1) is 0 Å². The molecule has 0 saturated heterocycles. The number of H-pyrrole nitrogens is 1. The zero-order valence-corrected chi connectivity index (χ0v) is 9.00. The molecule has 0 bridgehead atoms. The van der Waals surface area contributed by atoms with Crippen LogP contribution >= 0.6 is 0 Å². The summed E-state index contributed by atoms with van der Waals surface area (Å²) >= 11 is 0. The number of aromatic amines is 1. The van der Waals surface area contributed by atoms with Gasteiger partial charge in [0.25, 0.3) is 5.56 Å². The van der Waals surface area contributed by atoms with Gasteiger partial charge < -0.3 is 4.98 Å². The third-order valence-electron chi connectivity index (χ3n) is 3.46. The van der Waals surface area contributed by atoms with Crippen molar-refractivity contribution in [2.75, 3.05) is 0 Å². The summed E-state index contributed by atoms with van der Waals surface area (Å²) in [4.78, 5) is 14.3. The molecule has 3 heteroatoms. The maximum atomic E-state index is 11.5. The molecule has 1 N–H and O–H groups in total. The lowest BCUT2D eigenvalue weighted by Gasteiger charge is -2.27. The van der Waals surface area contributed by atoms with Crippen LogP contribution in [0.5, 0.6) is 0 Å². The molecule has 0 fully saturated rings. The molecular weight excluding hydrogens is 188 g/mol. The third-order valence-corrected chi connectivity index (χ3v) is 3.46. The van der Waals surface area contributed by atoms with Crippen LogP contribution in [0.25, 0.3) is 0 Å². The Labute approximate surface area is 88.8 Å². The van der Waals surface area contributed by atoms with Crippen LogP contribution in [0.4, 0.5) is 0 Å². The van der Waals surface area contributed by atoms with Crippen LogP contribution in [-0.4, -0.2) is 4.98 Å². The molecule has 1 heterocycles. The minimum atomic E-state index is -0.253.